The Morgan fingerprint density at radius 3 is 2.48 bits per heavy atom. The smallest absolute Gasteiger partial charge is 0.339 e. The molecule has 0 N–H and O–H groups in total. The van der Waals surface area contributed by atoms with Gasteiger partial charge in [0, 0.05) is 18.7 Å². The van der Waals surface area contributed by atoms with Gasteiger partial charge in [-0.25, -0.2) is 12.8 Å². The molecule has 4 rings (SSSR count). The predicted octanol–water partition coefficient (Wildman–Crippen LogP) is 4.46. The van der Waals surface area contributed by atoms with Crippen LogP contribution in [0.2, 0.25) is 0 Å². The first-order valence-corrected chi connectivity index (χ1v) is 10.9. The third kappa shape index (κ3) is 4.33. The number of hydrogen-bond donors (Lipinski definition) is 0. The predicted molar refractivity (Wildman–Crippen MR) is 102 cm³/mol. The number of sulfonamides is 1. The molecule has 0 spiro atoms. The van der Waals surface area contributed by atoms with Crippen molar-refractivity contribution in [1.82, 2.24) is 14.4 Å². The molecule has 6 nitrogen and oxygen atoms in total. The molecular formula is C20H17F4N3O3S. The van der Waals surface area contributed by atoms with E-state index in [4.69, 9.17) is 4.52 Å². The van der Waals surface area contributed by atoms with Gasteiger partial charge in [-0.15, -0.1) is 0 Å². The average Bonchev–Trinajstić information content (AvgIpc) is 3.24. The fourth-order valence-corrected chi connectivity index (χ4v) is 5.28. The first-order valence-electron chi connectivity index (χ1n) is 9.42. The Bertz CT molecular complexity index is 1180. The van der Waals surface area contributed by atoms with Gasteiger partial charge < -0.3 is 4.52 Å². The summed E-state index contributed by atoms with van der Waals surface area (Å²) < 4.78 is 85.4. The Hall–Kier alpha value is -2.79. The van der Waals surface area contributed by atoms with Gasteiger partial charge in [-0.2, -0.15) is 22.5 Å². The van der Waals surface area contributed by atoms with Crippen LogP contribution < -0.4 is 0 Å². The summed E-state index contributed by atoms with van der Waals surface area (Å²) in [5.74, 6) is -0.483. The van der Waals surface area contributed by atoms with Crippen LogP contribution in [0.25, 0.3) is 11.4 Å². The summed E-state index contributed by atoms with van der Waals surface area (Å²) in [6.07, 6.45) is -3.83. The molecule has 0 bridgehead atoms. The maximum Gasteiger partial charge on any atom is 0.417 e. The maximum absolute atomic E-state index is 13.3. The molecule has 1 saturated heterocycles. The Morgan fingerprint density at radius 2 is 1.77 bits per heavy atom. The van der Waals surface area contributed by atoms with Gasteiger partial charge in [-0.05, 0) is 49.2 Å². The SMILES string of the molecule is O=S(=O)(c1ccccc1C(F)(F)F)N1CCC[C@@H](c2nc(-c3ccc(F)cc3)no2)C1. The fraction of sp³-hybridized carbons (Fsp3) is 0.300. The van der Waals surface area contributed by atoms with Crippen LogP contribution in [0, 0.1) is 5.82 Å². The molecule has 0 unspecified atom stereocenters. The first kappa shape index (κ1) is 21.4. The molecule has 1 fully saturated rings. The highest BCUT2D eigenvalue weighted by atomic mass is 32.2. The molecule has 0 amide bonds. The van der Waals surface area contributed by atoms with Gasteiger partial charge in [0.05, 0.1) is 16.4 Å². The molecular weight excluding hydrogens is 438 g/mol. The summed E-state index contributed by atoms with van der Waals surface area (Å²) in [5, 5.41) is 3.86. The molecule has 3 aromatic rings. The molecule has 2 heterocycles. The van der Waals surface area contributed by atoms with Gasteiger partial charge in [0.2, 0.25) is 21.7 Å². The monoisotopic (exact) mass is 455 g/mol. The second-order valence-corrected chi connectivity index (χ2v) is 9.07. The van der Waals surface area contributed by atoms with E-state index < -0.39 is 38.4 Å². The van der Waals surface area contributed by atoms with Crippen molar-refractivity contribution in [1.29, 1.82) is 0 Å². The minimum Gasteiger partial charge on any atom is -0.339 e. The van der Waals surface area contributed by atoms with Crippen molar-refractivity contribution in [3.63, 3.8) is 0 Å². The average molecular weight is 455 g/mol. The summed E-state index contributed by atoms with van der Waals surface area (Å²) in [6, 6.07) is 9.58. The third-order valence-electron chi connectivity index (χ3n) is 5.09. The Balaban J connectivity index is 1.59. The summed E-state index contributed by atoms with van der Waals surface area (Å²) in [5.41, 5.74) is -0.677. The van der Waals surface area contributed by atoms with E-state index in [1.807, 2.05) is 0 Å². The Kier molecular flexibility index (Phi) is 5.56. The van der Waals surface area contributed by atoms with E-state index in [-0.39, 0.29) is 24.8 Å². The van der Waals surface area contributed by atoms with Gasteiger partial charge in [0.1, 0.15) is 5.82 Å². The normalized spacial score (nSPS) is 18.3. The minimum absolute atomic E-state index is 0.0838. The Labute approximate surface area is 175 Å². The molecule has 1 aromatic heterocycles. The second kappa shape index (κ2) is 8.04. The number of rotatable bonds is 4. The molecule has 164 valence electrons. The first-order chi connectivity index (χ1) is 14.7. The number of piperidine rings is 1. The summed E-state index contributed by atoms with van der Waals surface area (Å²) in [7, 11) is -4.39. The van der Waals surface area contributed by atoms with Crippen molar-refractivity contribution in [3.8, 4) is 11.4 Å². The van der Waals surface area contributed by atoms with Crippen molar-refractivity contribution in [2.24, 2.45) is 0 Å². The van der Waals surface area contributed by atoms with Crippen molar-refractivity contribution in [3.05, 3.63) is 65.8 Å². The van der Waals surface area contributed by atoms with E-state index in [2.05, 4.69) is 10.1 Å². The number of hydrogen-bond acceptors (Lipinski definition) is 5. The molecule has 1 aliphatic rings. The highest BCUT2D eigenvalue weighted by molar-refractivity contribution is 7.89. The number of nitrogens with zero attached hydrogens (tertiary/aromatic N) is 3. The number of alkyl halides is 3. The minimum atomic E-state index is -4.80. The van der Waals surface area contributed by atoms with Gasteiger partial charge in [0.15, 0.2) is 0 Å². The molecule has 31 heavy (non-hydrogen) atoms. The van der Waals surface area contributed by atoms with Gasteiger partial charge in [-0.3, -0.25) is 0 Å². The van der Waals surface area contributed by atoms with Gasteiger partial charge >= 0.3 is 6.18 Å². The van der Waals surface area contributed by atoms with Crippen LogP contribution in [0.15, 0.2) is 57.9 Å². The van der Waals surface area contributed by atoms with E-state index >= 15 is 0 Å². The van der Waals surface area contributed by atoms with Crippen molar-refractivity contribution < 1.29 is 30.5 Å². The fourth-order valence-electron chi connectivity index (χ4n) is 3.54. The number of benzene rings is 2. The highest BCUT2D eigenvalue weighted by Crippen LogP contribution is 2.37. The van der Waals surface area contributed by atoms with Crippen LogP contribution in [-0.2, 0) is 16.2 Å². The van der Waals surface area contributed by atoms with E-state index in [0.717, 1.165) is 22.5 Å². The quantitative estimate of drug-likeness (QED) is 0.543. The topological polar surface area (TPSA) is 76.3 Å². The zero-order valence-electron chi connectivity index (χ0n) is 16.0. The second-order valence-electron chi connectivity index (χ2n) is 7.16. The van der Waals surface area contributed by atoms with Crippen LogP contribution in [-0.4, -0.2) is 36.0 Å². The lowest BCUT2D eigenvalue weighted by Crippen LogP contribution is -2.39. The van der Waals surface area contributed by atoms with Crippen molar-refractivity contribution in [2.75, 3.05) is 13.1 Å². The van der Waals surface area contributed by atoms with Crippen LogP contribution in [0.4, 0.5) is 17.6 Å². The third-order valence-corrected chi connectivity index (χ3v) is 7.01. The van der Waals surface area contributed by atoms with Crippen LogP contribution in [0.3, 0.4) is 0 Å². The molecule has 1 atom stereocenters. The van der Waals surface area contributed by atoms with Crippen molar-refractivity contribution in [2.45, 2.75) is 29.8 Å². The molecule has 0 saturated carbocycles. The molecule has 1 aliphatic heterocycles. The lowest BCUT2D eigenvalue weighted by molar-refractivity contribution is -0.139. The summed E-state index contributed by atoms with van der Waals surface area (Å²) in [4.78, 5) is 3.50. The largest absolute Gasteiger partial charge is 0.417 e. The zero-order chi connectivity index (χ0) is 22.2. The number of aromatic nitrogens is 2. The van der Waals surface area contributed by atoms with E-state index in [0.29, 0.717) is 18.4 Å². The molecule has 0 aliphatic carbocycles. The standard InChI is InChI=1S/C20H17F4N3O3S/c21-15-9-7-13(8-10-15)18-25-19(30-26-18)14-4-3-11-27(12-14)31(28,29)17-6-2-1-5-16(17)20(22,23)24/h1-2,5-10,14H,3-4,11-12H2/t14-/m1/s1. The Morgan fingerprint density at radius 1 is 1.06 bits per heavy atom. The molecule has 0 radical (unpaired) electrons. The molecule has 11 heteroatoms. The zero-order valence-corrected chi connectivity index (χ0v) is 16.8. The van der Waals surface area contributed by atoms with Crippen molar-refractivity contribution >= 4 is 10.0 Å². The van der Waals surface area contributed by atoms with E-state index in [1.165, 1.54) is 30.3 Å². The highest BCUT2D eigenvalue weighted by Gasteiger charge is 2.40. The van der Waals surface area contributed by atoms with Crippen LogP contribution in [0.5, 0.6) is 0 Å². The summed E-state index contributed by atoms with van der Waals surface area (Å²) >= 11 is 0. The van der Waals surface area contributed by atoms with E-state index in [1.54, 1.807) is 0 Å². The summed E-state index contributed by atoms with van der Waals surface area (Å²) in [6.45, 7) is 0.00353. The van der Waals surface area contributed by atoms with Gasteiger partial charge in [-0.1, -0.05) is 17.3 Å². The van der Waals surface area contributed by atoms with Crippen LogP contribution >= 0.6 is 0 Å². The number of halogens is 4. The van der Waals surface area contributed by atoms with E-state index in [9.17, 15) is 26.0 Å². The maximum atomic E-state index is 13.3. The lowest BCUT2D eigenvalue weighted by atomic mass is 10.00. The molecule has 2 aromatic carbocycles. The lowest BCUT2D eigenvalue weighted by Gasteiger charge is -2.30. The van der Waals surface area contributed by atoms with Crippen LogP contribution in [0.1, 0.15) is 30.2 Å². The van der Waals surface area contributed by atoms with Gasteiger partial charge in [0.25, 0.3) is 0 Å².